The predicted octanol–water partition coefficient (Wildman–Crippen LogP) is 3.62. The van der Waals surface area contributed by atoms with E-state index < -0.39 is 5.92 Å². The summed E-state index contributed by atoms with van der Waals surface area (Å²) in [6, 6.07) is 19.3. The molecule has 2 amide bonds. The van der Waals surface area contributed by atoms with Crippen LogP contribution in [-0.2, 0) is 9.53 Å². The second-order valence-electron chi connectivity index (χ2n) is 9.83. The molecule has 8 nitrogen and oxygen atoms in total. The van der Waals surface area contributed by atoms with E-state index in [4.69, 9.17) is 9.47 Å². The maximum absolute atomic E-state index is 13.8. The average Bonchev–Trinajstić information content (AvgIpc) is 3.52. The number of carbonyl (C=O) groups is 2. The third-order valence-corrected chi connectivity index (χ3v) is 8.57. The van der Waals surface area contributed by atoms with Crippen molar-refractivity contribution in [3.63, 3.8) is 0 Å². The molecule has 1 fully saturated rings. The standard InChI is InChI=1S/C30H36N4O4S/c1-37-20-19-34-28(26-8-5-21-39-26)27(24-6-3-4-7-25(24)30(34)36)29(35)31-13-14-32-15-17-33(18-16-32)22-9-11-23(38-2)12-10-22/h3-12,21,27-28H,13-20H2,1-2H3,(H,31,35)/t27-,28+/m1/s1. The first kappa shape index (κ1) is 27.2. The summed E-state index contributed by atoms with van der Waals surface area (Å²) in [7, 11) is 3.31. The average molecular weight is 549 g/mol. The van der Waals surface area contributed by atoms with Crippen molar-refractivity contribution >= 4 is 28.8 Å². The molecular formula is C30H36N4O4S. The van der Waals surface area contributed by atoms with Crippen LogP contribution < -0.4 is 15.0 Å². The molecule has 3 heterocycles. The van der Waals surface area contributed by atoms with Gasteiger partial charge in [-0.3, -0.25) is 14.5 Å². The summed E-state index contributed by atoms with van der Waals surface area (Å²) in [6.45, 7) is 5.92. The first-order valence-electron chi connectivity index (χ1n) is 13.4. The molecule has 0 radical (unpaired) electrons. The summed E-state index contributed by atoms with van der Waals surface area (Å²) in [5.74, 6) is 0.273. The van der Waals surface area contributed by atoms with Gasteiger partial charge in [-0.15, -0.1) is 11.3 Å². The number of fused-ring (bicyclic) bond motifs is 1. The zero-order valence-electron chi connectivity index (χ0n) is 22.5. The topological polar surface area (TPSA) is 74.4 Å². The molecule has 206 valence electrons. The lowest BCUT2D eigenvalue weighted by atomic mass is 9.81. The number of carbonyl (C=O) groups excluding carboxylic acids is 2. The van der Waals surface area contributed by atoms with Gasteiger partial charge in [0.15, 0.2) is 0 Å². The van der Waals surface area contributed by atoms with Crippen LogP contribution in [0.25, 0.3) is 0 Å². The monoisotopic (exact) mass is 548 g/mol. The first-order chi connectivity index (χ1) is 19.1. The van der Waals surface area contributed by atoms with Crippen LogP contribution in [0.2, 0.25) is 0 Å². The Morgan fingerprint density at radius 3 is 2.44 bits per heavy atom. The van der Waals surface area contributed by atoms with Gasteiger partial charge in [-0.05, 0) is 47.3 Å². The van der Waals surface area contributed by atoms with E-state index in [0.29, 0.717) is 25.3 Å². The minimum Gasteiger partial charge on any atom is -0.497 e. The number of ether oxygens (including phenoxy) is 2. The Morgan fingerprint density at radius 2 is 1.74 bits per heavy atom. The minimum atomic E-state index is -0.485. The fraction of sp³-hybridized carbons (Fsp3) is 0.400. The molecule has 2 aliphatic rings. The molecule has 0 aliphatic carbocycles. The predicted molar refractivity (Wildman–Crippen MR) is 154 cm³/mol. The number of benzene rings is 2. The summed E-state index contributed by atoms with van der Waals surface area (Å²) >= 11 is 1.58. The number of hydrogen-bond acceptors (Lipinski definition) is 7. The van der Waals surface area contributed by atoms with Crippen molar-refractivity contribution in [2.75, 3.05) is 71.5 Å². The maximum atomic E-state index is 13.8. The molecule has 0 unspecified atom stereocenters. The van der Waals surface area contributed by atoms with Crippen LogP contribution in [-0.4, -0.2) is 88.3 Å². The molecular weight excluding hydrogens is 512 g/mol. The van der Waals surface area contributed by atoms with Crippen LogP contribution in [0.4, 0.5) is 5.69 Å². The van der Waals surface area contributed by atoms with E-state index in [0.717, 1.165) is 48.9 Å². The molecule has 3 aromatic rings. The smallest absolute Gasteiger partial charge is 0.254 e. The SMILES string of the molecule is COCCN1C(=O)c2ccccc2[C@@H](C(=O)NCCN2CCN(c3ccc(OC)cc3)CC2)[C@@H]1c1cccs1. The quantitative estimate of drug-likeness (QED) is 0.417. The van der Waals surface area contributed by atoms with Crippen molar-refractivity contribution in [1.29, 1.82) is 0 Å². The van der Waals surface area contributed by atoms with Crippen molar-refractivity contribution in [2.24, 2.45) is 0 Å². The Balaban J connectivity index is 1.24. The molecule has 1 N–H and O–H groups in total. The first-order valence-corrected chi connectivity index (χ1v) is 14.3. The highest BCUT2D eigenvalue weighted by Gasteiger charge is 2.44. The van der Waals surface area contributed by atoms with Gasteiger partial charge in [0.2, 0.25) is 5.91 Å². The highest BCUT2D eigenvalue weighted by Crippen LogP contribution is 2.44. The van der Waals surface area contributed by atoms with Crippen LogP contribution >= 0.6 is 11.3 Å². The summed E-state index contributed by atoms with van der Waals surface area (Å²) in [6.07, 6.45) is 0. The van der Waals surface area contributed by atoms with Gasteiger partial charge in [-0.25, -0.2) is 0 Å². The largest absolute Gasteiger partial charge is 0.497 e. The second-order valence-corrected chi connectivity index (χ2v) is 10.8. The van der Waals surface area contributed by atoms with E-state index >= 15 is 0 Å². The molecule has 2 aliphatic heterocycles. The lowest BCUT2D eigenvalue weighted by Gasteiger charge is -2.41. The van der Waals surface area contributed by atoms with Crippen LogP contribution in [0.5, 0.6) is 5.75 Å². The van der Waals surface area contributed by atoms with Crippen LogP contribution in [0.15, 0.2) is 66.0 Å². The van der Waals surface area contributed by atoms with Crippen molar-refractivity contribution in [3.05, 3.63) is 82.0 Å². The molecule has 2 atom stereocenters. The number of nitrogens with zero attached hydrogens (tertiary/aromatic N) is 3. The number of hydrogen-bond donors (Lipinski definition) is 1. The Morgan fingerprint density at radius 1 is 0.974 bits per heavy atom. The molecule has 39 heavy (non-hydrogen) atoms. The molecule has 1 aromatic heterocycles. The number of amides is 2. The van der Waals surface area contributed by atoms with Crippen LogP contribution in [0.3, 0.4) is 0 Å². The summed E-state index contributed by atoms with van der Waals surface area (Å²) < 4.78 is 10.6. The lowest BCUT2D eigenvalue weighted by Crippen LogP contribution is -2.50. The molecule has 1 saturated heterocycles. The summed E-state index contributed by atoms with van der Waals surface area (Å²) in [5.41, 5.74) is 2.59. The zero-order valence-corrected chi connectivity index (χ0v) is 23.4. The zero-order chi connectivity index (χ0) is 27.2. The third kappa shape index (κ3) is 5.95. The molecule has 0 bridgehead atoms. The number of rotatable bonds is 10. The molecule has 9 heteroatoms. The normalized spacial score (nSPS) is 19.6. The third-order valence-electron chi connectivity index (χ3n) is 7.63. The highest BCUT2D eigenvalue weighted by molar-refractivity contribution is 7.10. The second kappa shape index (κ2) is 12.6. The molecule has 5 rings (SSSR count). The Labute approximate surface area is 234 Å². The fourth-order valence-corrected chi connectivity index (χ4v) is 6.43. The number of nitrogens with one attached hydrogen (secondary N) is 1. The van der Waals surface area contributed by atoms with Gasteiger partial charge in [-0.2, -0.15) is 0 Å². The van der Waals surface area contributed by atoms with Gasteiger partial charge < -0.3 is 24.6 Å². The van der Waals surface area contributed by atoms with Gasteiger partial charge in [0.25, 0.3) is 5.91 Å². The fourth-order valence-electron chi connectivity index (χ4n) is 5.56. The molecule has 0 saturated carbocycles. The van der Waals surface area contributed by atoms with Crippen LogP contribution in [0.1, 0.15) is 32.8 Å². The number of methoxy groups -OCH3 is 2. The van der Waals surface area contributed by atoms with Gasteiger partial charge in [0.05, 0.1) is 25.7 Å². The Hall–Kier alpha value is -3.40. The van der Waals surface area contributed by atoms with Crippen molar-refractivity contribution < 1.29 is 19.1 Å². The Bertz CT molecular complexity index is 1240. The molecule has 2 aromatic carbocycles. The number of piperazine rings is 1. The molecule has 0 spiro atoms. The van der Waals surface area contributed by atoms with E-state index in [1.165, 1.54) is 5.69 Å². The summed E-state index contributed by atoms with van der Waals surface area (Å²) in [5, 5.41) is 5.20. The van der Waals surface area contributed by atoms with E-state index in [9.17, 15) is 9.59 Å². The van der Waals surface area contributed by atoms with E-state index in [-0.39, 0.29) is 17.9 Å². The van der Waals surface area contributed by atoms with Crippen LogP contribution in [0, 0.1) is 0 Å². The number of anilines is 1. The minimum absolute atomic E-state index is 0.0485. The Kier molecular flexibility index (Phi) is 8.81. The number of thiophene rings is 1. The summed E-state index contributed by atoms with van der Waals surface area (Å²) in [4.78, 5) is 34.9. The van der Waals surface area contributed by atoms with Gasteiger partial charge >= 0.3 is 0 Å². The van der Waals surface area contributed by atoms with Crippen molar-refractivity contribution in [3.8, 4) is 5.75 Å². The van der Waals surface area contributed by atoms with Crippen molar-refractivity contribution in [1.82, 2.24) is 15.1 Å². The van der Waals surface area contributed by atoms with E-state index in [1.54, 1.807) is 30.5 Å². The van der Waals surface area contributed by atoms with Gasteiger partial charge in [0.1, 0.15) is 5.75 Å². The highest BCUT2D eigenvalue weighted by atomic mass is 32.1. The van der Waals surface area contributed by atoms with E-state index in [1.807, 2.05) is 53.9 Å². The van der Waals surface area contributed by atoms with Gasteiger partial charge in [0, 0.05) is 69.1 Å². The van der Waals surface area contributed by atoms with Gasteiger partial charge in [-0.1, -0.05) is 24.3 Å². The van der Waals surface area contributed by atoms with E-state index in [2.05, 4.69) is 27.2 Å². The van der Waals surface area contributed by atoms with Crippen molar-refractivity contribution in [2.45, 2.75) is 12.0 Å². The maximum Gasteiger partial charge on any atom is 0.254 e. The lowest BCUT2D eigenvalue weighted by molar-refractivity contribution is -0.124.